The van der Waals surface area contributed by atoms with Crippen LogP contribution in [-0.4, -0.2) is 68.9 Å². The number of hydrogen-bond acceptors (Lipinski definition) is 4. The summed E-state index contributed by atoms with van der Waals surface area (Å²) in [6.45, 7) is 6.63. The summed E-state index contributed by atoms with van der Waals surface area (Å²) in [5.74, 6) is 0.861. The average Bonchev–Trinajstić information content (AvgIpc) is 3.30. The third-order valence-electron chi connectivity index (χ3n) is 5.47. The van der Waals surface area contributed by atoms with Gasteiger partial charge < -0.3 is 25.0 Å². The fraction of sp³-hybridized carbons (Fsp3) is 0.636. The highest BCUT2D eigenvalue weighted by Crippen LogP contribution is 2.21. The lowest BCUT2D eigenvalue weighted by molar-refractivity contribution is -0.0817. The van der Waals surface area contributed by atoms with Crippen LogP contribution in [-0.2, 0) is 16.0 Å². The smallest absolute Gasteiger partial charge is 0.251 e. The number of nitrogens with zero attached hydrogens (tertiary/aromatic N) is 2. The van der Waals surface area contributed by atoms with Crippen LogP contribution in [0.2, 0.25) is 0 Å². The molecule has 1 amide bonds. The Hall–Kier alpha value is -2.12. The Labute approximate surface area is 173 Å². The second-order valence-corrected chi connectivity index (χ2v) is 7.61. The molecule has 2 heterocycles. The molecule has 3 rings (SSSR count). The van der Waals surface area contributed by atoms with Crippen LogP contribution >= 0.6 is 0 Å². The number of carbonyl (C=O) groups is 1. The molecular formula is C22H34N4O3. The zero-order valence-corrected chi connectivity index (χ0v) is 17.7. The Bertz CT molecular complexity index is 671. The van der Waals surface area contributed by atoms with E-state index in [0.717, 1.165) is 63.4 Å². The molecule has 160 valence electrons. The van der Waals surface area contributed by atoms with Crippen molar-refractivity contribution in [2.24, 2.45) is 4.99 Å². The van der Waals surface area contributed by atoms with E-state index >= 15 is 0 Å². The summed E-state index contributed by atoms with van der Waals surface area (Å²) in [5, 5.41) is 6.38. The van der Waals surface area contributed by atoms with Gasteiger partial charge in [-0.2, -0.15) is 0 Å². The number of aliphatic imine (C=N–C) groups is 1. The van der Waals surface area contributed by atoms with Gasteiger partial charge in [0.05, 0.1) is 12.7 Å². The lowest BCUT2D eigenvalue weighted by Gasteiger charge is -2.37. The molecule has 2 atom stereocenters. The maximum atomic E-state index is 12.1. The Morgan fingerprint density at radius 1 is 1.17 bits per heavy atom. The predicted molar refractivity (Wildman–Crippen MR) is 114 cm³/mol. The lowest BCUT2D eigenvalue weighted by atomic mass is 10.1. The van der Waals surface area contributed by atoms with E-state index in [-0.39, 0.29) is 18.1 Å². The minimum atomic E-state index is -0.0118. The van der Waals surface area contributed by atoms with Gasteiger partial charge in [-0.05, 0) is 37.0 Å². The topological polar surface area (TPSA) is 75.2 Å². The average molecular weight is 403 g/mol. The number of hydrogen-bond donors (Lipinski definition) is 2. The molecule has 2 saturated heterocycles. The minimum Gasteiger partial charge on any atom is -0.375 e. The Balaban J connectivity index is 1.49. The number of benzene rings is 1. The molecule has 29 heavy (non-hydrogen) atoms. The fourth-order valence-corrected chi connectivity index (χ4v) is 3.76. The van der Waals surface area contributed by atoms with E-state index in [2.05, 4.69) is 27.4 Å². The van der Waals surface area contributed by atoms with Crippen LogP contribution in [0.5, 0.6) is 0 Å². The first-order chi connectivity index (χ1) is 14.2. The number of nitrogens with one attached hydrogen (secondary N) is 2. The predicted octanol–water partition coefficient (Wildman–Crippen LogP) is 2.17. The van der Waals surface area contributed by atoms with Crippen molar-refractivity contribution in [2.75, 3.05) is 39.9 Å². The second-order valence-electron chi connectivity index (χ2n) is 7.61. The van der Waals surface area contributed by atoms with Crippen LogP contribution in [0.15, 0.2) is 29.3 Å². The molecule has 7 nitrogen and oxygen atoms in total. The van der Waals surface area contributed by atoms with Crippen LogP contribution in [0.25, 0.3) is 0 Å². The van der Waals surface area contributed by atoms with E-state index in [9.17, 15) is 4.79 Å². The van der Waals surface area contributed by atoms with Gasteiger partial charge in [-0.15, -0.1) is 0 Å². The van der Waals surface area contributed by atoms with Gasteiger partial charge in [0.1, 0.15) is 6.10 Å². The van der Waals surface area contributed by atoms with Crippen LogP contribution in [0.3, 0.4) is 0 Å². The number of rotatable bonds is 7. The quantitative estimate of drug-likeness (QED) is 0.415. The number of unbranched alkanes of at least 4 members (excludes halogenated alkanes) is 1. The van der Waals surface area contributed by atoms with E-state index in [1.807, 2.05) is 31.3 Å². The van der Waals surface area contributed by atoms with Crippen molar-refractivity contribution >= 4 is 11.9 Å². The number of carbonyl (C=O) groups excluding carboxylic acids is 1. The fourth-order valence-electron chi connectivity index (χ4n) is 3.76. The van der Waals surface area contributed by atoms with Crippen LogP contribution in [0, 0.1) is 0 Å². The molecule has 0 saturated carbocycles. The van der Waals surface area contributed by atoms with Gasteiger partial charge >= 0.3 is 0 Å². The molecule has 0 aliphatic carbocycles. The van der Waals surface area contributed by atoms with E-state index in [1.165, 1.54) is 0 Å². The van der Waals surface area contributed by atoms with Crippen molar-refractivity contribution < 1.29 is 14.3 Å². The molecule has 0 aromatic heterocycles. The van der Waals surface area contributed by atoms with Crippen molar-refractivity contribution in [3.05, 3.63) is 35.4 Å². The molecule has 0 spiro atoms. The van der Waals surface area contributed by atoms with Gasteiger partial charge in [-0.3, -0.25) is 9.79 Å². The summed E-state index contributed by atoms with van der Waals surface area (Å²) in [7, 11) is 1.81. The van der Waals surface area contributed by atoms with Crippen molar-refractivity contribution in [1.29, 1.82) is 0 Å². The summed E-state index contributed by atoms with van der Waals surface area (Å²) in [6.07, 6.45) is 4.57. The molecule has 2 fully saturated rings. The minimum absolute atomic E-state index is 0.0118. The van der Waals surface area contributed by atoms with Gasteiger partial charge in [0.25, 0.3) is 5.91 Å². The first-order valence-electron chi connectivity index (χ1n) is 10.8. The molecule has 0 bridgehead atoms. The molecule has 2 N–H and O–H groups in total. The normalized spacial score (nSPS) is 22.6. The third kappa shape index (κ3) is 6.18. The van der Waals surface area contributed by atoms with Crippen LogP contribution in [0.4, 0.5) is 0 Å². The SMILES string of the molecule is CCCCNC(=O)c1ccc(CNC(=NC)N2CCOC(C3CCCO3)C2)cc1. The Kier molecular flexibility index (Phi) is 8.31. The summed E-state index contributed by atoms with van der Waals surface area (Å²) in [6, 6.07) is 7.74. The van der Waals surface area contributed by atoms with E-state index in [0.29, 0.717) is 18.7 Å². The zero-order chi connectivity index (χ0) is 20.5. The lowest BCUT2D eigenvalue weighted by Crippen LogP contribution is -2.53. The number of amides is 1. The maximum absolute atomic E-state index is 12.1. The van der Waals surface area contributed by atoms with Crippen LogP contribution in [0.1, 0.15) is 48.5 Å². The molecule has 2 aliphatic heterocycles. The van der Waals surface area contributed by atoms with Crippen molar-refractivity contribution in [1.82, 2.24) is 15.5 Å². The Morgan fingerprint density at radius 2 is 1.97 bits per heavy atom. The molecule has 0 radical (unpaired) electrons. The second kappa shape index (κ2) is 11.2. The zero-order valence-electron chi connectivity index (χ0n) is 17.7. The first kappa shape index (κ1) is 21.6. The maximum Gasteiger partial charge on any atom is 0.251 e. The van der Waals surface area contributed by atoms with Gasteiger partial charge in [-0.25, -0.2) is 0 Å². The molecular weight excluding hydrogens is 368 g/mol. The Morgan fingerprint density at radius 3 is 2.66 bits per heavy atom. The number of morpholine rings is 1. The number of guanidine groups is 1. The summed E-state index contributed by atoms with van der Waals surface area (Å²) >= 11 is 0. The van der Waals surface area contributed by atoms with Crippen molar-refractivity contribution in [2.45, 2.75) is 51.4 Å². The third-order valence-corrected chi connectivity index (χ3v) is 5.47. The molecule has 1 aromatic rings. The van der Waals surface area contributed by atoms with Crippen LogP contribution < -0.4 is 10.6 Å². The summed E-state index contributed by atoms with van der Waals surface area (Å²) < 4.78 is 11.7. The molecule has 2 aliphatic rings. The first-order valence-corrected chi connectivity index (χ1v) is 10.8. The highest BCUT2D eigenvalue weighted by molar-refractivity contribution is 5.94. The van der Waals surface area contributed by atoms with Crippen molar-refractivity contribution in [3.63, 3.8) is 0 Å². The van der Waals surface area contributed by atoms with Gasteiger partial charge in [0.15, 0.2) is 5.96 Å². The van der Waals surface area contributed by atoms with Gasteiger partial charge in [-0.1, -0.05) is 25.5 Å². The standard InChI is InChI=1S/C22H34N4O3/c1-3-4-11-24-21(27)18-9-7-17(8-10-18)15-25-22(23-2)26-12-14-29-20(16-26)19-6-5-13-28-19/h7-10,19-20H,3-6,11-16H2,1-2H3,(H,23,25)(H,24,27). The van der Waals surface area contributed by atoms with Gasteiger partial charge in [0.2, 0.25) is 0 Å². The number of ether oxygens (including phenoxy) is 2. The van der Waals surface area contributed by atoms with E-state index < -0.39 is 0 Å². The highest BCUT2D eigenvalue weighted by Gasteiger charge is 2.32. The van der Waals surface area contributed by atoms with Gasteiger partial charge in [0, 0.05) is 45.4 Å². The summed E-state index contributed by atoms with van der Waals surface area (Å²) in [4.78, 5) is 18.8. The van der Waals surface area contributed by atoms with E-state index in [4.69, 9.17) is 9.47 Å². The monoisotopic (exact) mass is 402 g/mol. The molecule has 7 heteroatoms. The molecule has 1 aromatic carbocycles. The van der Waals surface area contributed by atoms with Crippen molar-refractivity contribution in [3.8, 4) is 0 Å². The molecule has 2 unspecified atom stereocenters. The highest BCUT2D eigenvalue weighted by atomic mass is 16.5. The van der Waals surface area contributed by atoms with E-state index in [1.54, 1.807) is 0 Å². The largest absolute Gasteiger partial charge is 0.375 e. The summed E-state index contributed by atoms with van der Waals surface area (Å²) in [5.41, 5.74) is 1.81.